The zero-order valence-electron chi connectivity index (χ0n) is 13.6. The maximum Gasteiger partial charge on any atom is 1.00 e. The smallest absolute Gasteiger partial charge is 0.544 e. The Balaban J connectivity index is 0.00000225. The van der Waals surface area contributed by atoms with Crippen LogP contribution in [0, 0.1) is 0 Å². The molecule has 2 aliphatic heterocycles. The molecule has 25 heavy (non-hydrogen) atoms. The SMILES string of the molecule is CC(=O)N(c1cccs1)[C@H]1CON(C2(C(=O)[O-])CCC(=O)O2)C1=O.[Na+]. The molecular formula is C14H13N2NaO7S. The molecule has 0 spiro atoms. The number of anilines is 1. The molecule has 0 bridgehead atoms. The van der Waals surface area contributed by atoms with Crippen LogP contribution in [-0.2, 0) is 28.8 Å². The van der Waals surface area contributed by atoms with Crippen LogP contribution in [0.1, 0.15) is 19.8 Å². The summed E-state index contributed by atoms with van der Waals surface area (Å²) >= 11 is 1.25. The van der Waals surface area contributed by atoms with E-state index in [0.29, 0.717) is 10.1 Å². The number of rotatable bonds is 4. The van der Waals surface area contributed by atoms with E-state index >= 15 is 0 Å². The number of carboxylic acid groups (broad SMARTS) is 1. The first-order chi connectivity index (χ1) is 11.4. The molecule has 2 fully saturated rings. The largest absolute Gasteiger partial charge is 1.00 e. The summed E-state index contributed by atoms with van der Waals surface area (Å²) in [5.74, 6) is -3.68. The van der Waals surface area contributed by atoms with E-state index in [1.165, 1.54) is 23.2 Å². The van der Waals surface area contributed by atoms with Gasteiger partial charge in [0.05, 0.1) is 11.4 Å². The van der Waals surface area contributed by atoms with E-state index in [1.807, 2.05) is 0 Å². The van der Waals surface area contributed by atoms with Gasteiger partial charge in [0.25, 0.3) is 11.6 Å². The molecule has 2 amide bonds. The van der Waals surface area contributed by atoms with Crippen LogP contribution >= 0.6 is 11.3 Å². The second-order valence-corrected chi connectivity index (χ2v) is 6.26. The van der Waals surface area contributed by atoms with E-state index in [-0.39, 0.29) is 49.0 Å². The van der Waals surface area contributed by atoms with Crippen molar-refractivity contribution in [1.29, 1.82) is 0 Å². The Morgan fingerprint density at radius 2 is 2.16 bits per heavy atom. The van der Waals surface area contributed by atoms with Crippen molar-refractivity contribution >= 4 is 40.1 Å². The normalized spacial score (nSPS) is 25.5. The monoisotopic (exact) mass is 376 g/mol. The zero-order chi connectivity index (χ0) is 17.5. The van der Waals surface area contributed by atoms with E-state index in [4.69, 9.17) is 9.57 Å². The van der Waals surface area contributed by atoms with Crippen LogP contribution in [0.25, 0.3) is 0 Å². The van der Waals surface area contributed by atoms with Crippen molar-refractivity contribution in [2.24, 2.45) is 0 Å². The molecule has 0 aromatic carbocycles. The van der Waals surface area contributed by atoms with Crippen molar-refractivity contribution in [3.63, 3.8) is 0 Å². The molecule has 1 aromatic heterocycles. The van der Waals surface area contributed by atoms with Crippen molar-refractivity contribution in [2.75, 3.05) is 11.5 Å². The van der Waals surface area contributed by atoms with Gasteiger partial charge in [-0.1, -0.05) is 0 Å². The Hall–Kier alpha value is -1.46. The predicted molar refractivity (Wildman–Crippen MR) is 77.1 cm³/mol. The fourth-order valence-electron chi connectivity index (χ4n) is 2.75. The number of esters is 1. The summed E-state index contributed by atoms with van der Waals surface area (Å²) in [6.07, 6.45) is -0.446. The predicted octanol–water partition coefficient (Wildman–Crippen LogP) is -3.97. The van der Waals surface area contributed by atoms with Crippen LogP contribution in [-0.4, -0.2) is 47.2 Å². The number of hydrogen-bond donors (Lipinski definition) is 0. The summed E-state index contributed by atoms with van der Waals surface area (Å²) in [7, 11) is 0. The molecule has 1 unspecified atom stereocenters. The summed E-state index contributed by atoms with van der Waals surface area (Å²) in [6, 6.07) is 2.33. The number of carbonyl (C=O) groups excluding carboxylic acids is 4. The number of hydroxylamine groups is 2. The third-order valence-corrected chi connectivity index (χ3v) is 4.71. The number of nitrogens with zero attached hydrogens (tertiary/aromatic N) is 2. The van der Waals surface area contributed by atoms with Crippen molar-refractivity contribution in [1.82, 2.24) is 5.06 Å². The molecule has 1 aromatic rings. The quantitative estimate of drug-likeness (QED) is 0.389. The van der Waals surface area contributed by atoms with Crippen LogP contribution in [0.2, 0.25) is 0 Å². The van der Waals surface area contributed by atoms with Gasteiger partial charge in [-0.3, -0.25) is 24.1 Å². The molecule has 0 radical (unpaired) electrons. The Morgan fingerprint density at radius 1 is 1.44 bits per heavy atom. The number of hydrogen-bond acceptors (Lipinski definition) is 8. The molecule has 2 aliphatic rings. The number of thiophene rings is 1. The number of ether oxygens (including phenoxy) is 1. The van der Waals surface area contributed by atoms with Crippen LogP contribution < -0.4 is 39.6 Å². The van der Waals surface area contributed by atoms with E-state index in [1.54, 1.807) is 17.5 Å². The number of amides is 2. The van der Waals surface area contributed by atoms with Crippen LogP contribution in [0.3, 0.4) is 0 Å². The van der Waals surface area contributed by atoms with Crippen LogP contribution in [0.15, 0.2) is 17.5 Å². The van der Waals surface area contributed by atoms with Crippen LogP contribution in [0.5, 0.6) is 0 Å². The third-order valence-electron chi connectivity index (χ3n) is 3.84. The first-order valence-corrected chi connectivity index (χ1v) is 7.98. The summed E-state index contributed by atoms with van der Waals surface area (Å²) in [5.41, 5.74) is -2.29. The zero-order valence-corrected chi connectivity index (χ0v) is 16.4. The van der Waals surface area contributed by atoms with E-state index < -0.39 is 35.5 Å². The number of carbonyl (C=O) groups is 4. The van der Waals surface area contributed by atoms with Crippen LogP contribution in [0.4, 0.5) is 5.00 Å². The first-order valence-electron chi connectivity index (χ1n) is 7.10. The van der Waals surface area contributed by atoms with Crippen molar-refractivity contribution in [2.45, 2.75) is 31.5 Å². The molecule has 128 valence electrons. The first kappa shape index (κ1) is 19.9. The van der Waals surface area contributed by atoms with Gasteiger partial charge in [-0.05, 0) is 17.5 Å². The molecule has 11 heteroatoms. The second kappa shape index (κ2) is 7.42. The van der Waals surface area contributed by atoms with Gasteiger partial charge >= 0.3 is 35.5 Å². The van der Waals surface area contributed by atoms with Gasteiger partial charge in [0.2, 0.25) is 5.91 Å². The topological polar surface area (TPSA) is 116 Å². The minimum absolute atomic E-state index is 0. The summed E-state index contributed by atoms with van der Waals surface area (Å²) < 4.78 is 4.82. The average Bonchev–Trinajstić information content (AvgIpc) is 3.22. The van der Waals surface area contributed by atoms with Crippen molar-refractivity contribution < 1.29 is 63.4 Å². The molecule has 2 saturated heterocycles. The van der Waals surface area contributed by atoms with Gasteiger partial charge in [0, 0.05) is 13.3 Å². The minimum Gasteiger partial charge on any atom is -0.544 e. The summed E-state index contributed by atoms with van der Waals surface area (Å²) in [6.45, 7) is 1.04. The van der Waals surface area contributed by atoms with E-state index in [2.05, 4.69) is 0 Å². The molecule has 3 heterocycles. The molecule has 3 rings (SSSR count). The van der Waals surface area contributed by atoms with Crippen molar-refractivity contribution in [3.05, 3.63) is 17.5 Å². The molecule has 9 nitrogen and oxygen atoms in total. The molecule has 2 atom stereocenters. The number of carboxylic acids is 1. The number of cyclic esters (lactones) is 1. The van der Waals surface area contributed by atoms with E-state index in [0.717, 1.165) is 0 Å². The fraction of sp³-hybridized carbons (Fsp3) is 0.429. The van der Waals surface area contributed by atoms with Gasteiger partial charge in [-0.15, -0.1) is 11.3 Å². The number of aliphatic carboxylic acids is 1. The van der Waals surface area contributed by atoms with Gasteiger partial charge in [0.1, 0.15) is 18.6 Å². The Bertz CT molecular complexity index is 710. The van der Waals surface area contributed by atoms with Gasteiger partial charge < -0.3 is 14.6 Å². The standard InChI is InChI=1S/C14H14N2O7S.Na/c1-8(17)15(10-3-2-6-24-10)9-7-22-16(12(9)19)14(13(20)21)5-4-11(18)23-14;/h2-3,6,9H,4-5,7H2,1H3,(H,20,21);/q;+1/p-1/t9-,14?;/m0./s1. The second-order valence-electron chi connectivity index (χ2n) is 5.33. The Kier molecular flexibility index (Phi) is 5.89. The molecule has 0 saturated carbocycles. The maximum atomic E-state index is 12.7. The summed E-state index contributed by atoms with van der Waals surface area (Å²) in [5, 5.41) is 14.3. The van der Waals surface area contributed by atoms with Gasteiger partial charge in [0.15, 0.2) is 0 Å². The minimum atomic E-state index is -2.29. The van der Waals surface area contributed by atoms with Gasteiger partial charge in [-0.2, -0.15) is 5.06 Å². The third kappa shape index (κ3) is 3.32. The summed E-state index contributed by atoms with van der Waals surface area (Å²) in [4.78, 5) is 53.9. The van der Waals surface area contributed by atoms with Crippen molar-refractivity contribution in [3.8, 4) is 0 Å². The molecule has 0 N–H and O–H groups in total. The maximum absolute atomic E-state index is 12.7. The molecule has 0 aliphatic carbocycles. The van der Waals surface area contributed by atoms with E-state index in [9.17, 15) is 24.3 Å². The Morgan fingerprint density at radius 3 is 2.64 bits per heavy atom. The average molecular weight is 376 g/mol. The fourth-order valence-corrected chi connectivity index (χ4v) is 3.57. The van der Waals surface area contributed by atoms with Gasteiger partial charge in [-0.25, -0.2) is 0 Å². The molecular weight excluding hydrogens is 363 g/mol. The Labute approximate surface area is 168 Å².